The topological polar surface area (TPSA) is 15.3 Å². The van der Waals surface area contributed by atoms with Crippen molar-refractivity contribution in [3.8, 4) is 0 Å². The molecule has 2 atom stereocenters. The van der Waals surface area contributed by atoms with Crippen LogP contribution >= 0.6 is 11.8 Å². The highest BCUT2D eigenvalue weighted by Gasteiger charge is 2.19. The number of rotatable bonds is 6. The van der Waals surface area contributed by atoms with E-state index >= 15 is 0 Å². The van der Waals surface area contributed by atoms with Crippen molar-refractivity contribution in [3.63, 3.8) is 0 Å². The van der Waals surface area contributed by atoms with Gasteiger partial charge in [0.05, 0.1) is 0 Å². The molecule has 3 heteroatoms. The first-order chi connectivity index (χ1) is 6.74. The van der Waals surface area contributed by atoms with Gasteiger partial charge in [-0.25, -0.2) is 0 Å². The van der Waals surface area contributed by atoms with Crippen molar-refractivity contribution < 1.29 is 0 Å². The predicted molar refractivity (Wildman–Crippen MR) is 66.1 cm³/mol. The Kier molecular flexibility index (Phi) is 5.90. The van der Waals surface area contributed by atoms with Crippen molar-refractivity contribution in [2.45, 2.75) is 38.8 Å². The molecule has 2 unspecified atom stereocenters. The summed E-state index contributed by atoms with van der Waals surface area (Å²) in [6.45, 7) is 6.81. The molecule has 1 saturated heterocycles. The van der Waals surface area contributed by atoms with Crippen LogP contribution in [0.4, 0.5) is 0 Å². The standard InChI is InChI=1S/C11H24N2S/c1-4-10(2)12-6-7-13(3)11-5-8-14-9-11/h10-12H,4-9H2,1-3H3. The molecular weight excluding hydrogens is 192 g/mol. The van der Waals surface area contributed by atoms with Gasteiger partial charge < -0.3 is 10.2 Å². The molecule has 0 aliphatic carbocycles. The summed E-state index contributed by atoms with van der Waals surface area (Å²) in [6, 6.07) is 1.50. The van der Waals surface area contributed by atoms with E-state index in [9.17, 15) is 0 Å². The van der Waals surface area contributed by atoms with Gasteiger partial charge in [0.2, 0.25) is 0 Å². The van der Waals surface area contributed by atoms with E-state index in [1.165, 1.54) is 30.9 Å². The molecule has 1 N–H and O–H groups in total. The van der Waals surface area contributed by atoms with E-state index in [-0.39, 0.29) is 0 Å². The molecule has 1 aliphatic heterocycles. The lowest BCUT2D eigenvalue weighted by molar-refractivity contribution is 0.258. The Morgan fingerprint density at radius 1 is 1.57 bits per heavy atom. The van der Waals surface area contributed by atoms with E-state index in [1.807, 2.05) is 0 Å². The van der Waals surface area contributed by atoms with Crippen LogP contribution in [-0.2, 0) is 0 Å². The normalized spacial score (nSPS) is 24.4. The van der Waals surface area contributed by atoms with E-state index in [1.54, 1.807) is 0 Å². The molecule has 1 heterocycles. The van der Waals surface area contributed by atoms with Crippen LogP contribution in [0.3, 0.4) is 0 Å². The maximum Gasteiger partial charge on any atom is 0.0191 e. The van der Waals surface area contributed by atoms with Gasteiger partial charge in [-0.05, 0) is 32.6 Å². The highest BCUT2D eigenvalue weighted by molar-refractivity contribution is 7.99. The smallest absolute Gasteiger partial charge is 0.0191 e. The molecule has 0 aromatic carbocycles. The summed E-state index contributed by atoms with van der Waals surface area (Å²) in [7, 11) is 2.26. The zero-order valence-corrected chi connectivity index (χ0v) is 10.6. The first-order valence-corrected chi connectivity index (χ1v) is 6.91. The van der Waals surface area contributed by atoms with E-state index in [4.69, 9.17) is 0 Å². The largest absolute Gasteiger partial charge is 0.313 e. The number of likely N-dealkylation sites (N-methyl/N-ethyl adjacent to an activating group) is 1. The molecule has 2 nitrogen and oxygen atoms in total. The minimum absolute atomic E-state index is 0.668. The van der Waals surface area contributed by atoms with E-state index in [0.717, 1.165) is 12.6 Å². The van der Waals surface area contributed by atoms with Gasteiger partial charge in [-0.1, -0.05) is 6.92 Å². The molecule has 1 fully saturated rings. The van der Waals surface area contributed by atoms with Crippen molar-refractivity contribution in [1.82, 2.24) is 10.2 Å². The van der Waals surface area contributed by atoms with Crippen molar-refractivity contribution >= 4 is 11.8 Å². The molecule has 0 spiro atoms. The summed E-state index contributed by atoms with van der Waals surface area (Å²) in [5, 5.41) is 3.54. The second kappa shape index (κ2) is 6.70. The molecular formula is C11H24N2S. The zero-order chi connectivity index (χ0) is 10.4. The van der Waals surface area contributed by atoms with Gasteiger partial charge >= 0.3 is 0 Å². The zero-order valence-electron chi connectivity index (χ0n) is 9.75. The lowest BCUT2D eigenvalue weighted by Gasteiger charge is -2.24. The predicted octanol–water partition coefficient (Wildman–Crippen LogP) is 1.81. The number of thioether (sulfide) groups is 1. The Hall–Kier alpha value is 0.270. The number of nitrogens with zero attached hydrogens (tertiary/aromatic N) is 1. The monoisotopic (exact) mass is 216 g/mol. The Balaban J connectivity index is 2.05. The van der Waals surface area contributed by atoms with Gasteiger partial charge in [-0.3, -0.25) is 0 Å². The molecule has 84 valence electrons. The van der Waals surface area contributed by atoms with Crippen molar-refractivity contribution in [1.29, 1.82) is 0 Å². The number of nitrogens with one attached hydrogen (secondary N) is 1. The summed E-state index contributed by atoms with van der Waals surface area (Å²) < 4.78 is 0. The fraction of sp³-hybridized carbons (Fsp3) is 1.00. The van der Waals surface area contributed by atoms with Crippen molar-refractivity contribution in [2.24, 2.45) is 0 Å². The van der Waals surface area contributed by atoms with Crippen molar-refractivity contribution in [2.75, 3.05) is 31.6 Å². The Morgan fingerprint density at radius 3 is 2.93 bits per heavy atom. The maximum absolute atomic E-state index is 3.54. The summed E-state index contributed by atoms with van der Waals surface area (Å²) in [4.78, 5) is 2.51. The molecule has 1 rings (SSSR count). The molecule has 14 heavy (non-hydrogen) atoms. The van der Waals surface area contributed by atoms with Gasteiger partial charge in [0.15, 0.2) is 0 Å². The lowest BCUT2D eigenvalue weighted by Crippen LogP contribution is -2.39. The number of hydrogen-bond acceptors (Lipinski definition) is 3. The maximum atomic E-state index is 3.54. The highest BCUT2D eigenvalue weighted by atomic mass is 32.2. The molecule has 1 aliphatic rings. The van der Waals surface area contributed by atoms with Gasteiger partial charge in [0.1, 0.15) is 0 Å². The lowest BCUT2D eigenvalue weighted by atomic mass is 10.2. The first-order valence-electron chi connectivity index (χ1n) is 5.75. The van der Waals surface area contributed by atoms with Crippen molar-refractivity contribution in [3.05, 3.63) is 0 Å². The second-order valence-electron chi connectivity index (χ2n) is 4.26. The fourth-order valence-electron chi connectivity index (χ4n) is 1.68. The summed E-state index contributed by atoms with van der Waals surface area (Å²) in [5.74, 6) is 2.69. The minimum Gasteiger partial charge on any atom is -0.313 e. The van der Waals surface area contributed by atoms with Gasteiger partial charge in [-0.15, -0.1) is 0 Å². The van der Waals surface area contributed by atoms with E-state index < -0.39 is 0 Å². The third-order valence-electron chi connectivity index (χ3n) is 3.10. The SMILES string of the molecule is CCC(C)NCCN(C)C1CCSC1. The summed E-state index contributed by atoms with van der Waals surface area (Å²) in [5.41, 5.74) is 0. The van der Waals surface area contributed by atoms with Crippen LogP contribution in [0.5, 0.6) is 0 Å². The Labute approximate surface area is 92.8 Å². The highest BCUT2D eigenvalue weighted by Crippen LogP contribution is 2.20. The third-order valence-corrected chi connectivity index (χ3v) is 4.24. The van der Waals surface area contributed by atoms with Gasteiger partial charge in [0.25, 0.3) is 0 Å². The summed E-state index contributed by atoms with van der Waals surface area (Å²) >= 11 is 2.09. The van der Waals surface area contributed by atoms with Crippen LogP contribution in [0.2, 0.25) is 0 Å². The third kappa shape index (κ3) is 4.20. The van der Waals surface area contributed by atoms with Crippen LogP contribution < -0.4 is 5.32 Å². The van der Waals surface area contributed by atoms with Crippen LogP contribution in [0, 0.1) is 0 Å². The van der Waals surface area contributed by atoms with Crippen LogP contribution in [-0.4, -0.2) is 48.6 Å². The van der Waals surface area contributed by atoms with Gasteiger partial charge in [0, 0.05) is 30.9 Å². The fourth-order valence-corrected chi connectivity index (χ4v) is 2.98. The first kappa shape index (κ1) is 12.3. The molecule has 0 amide bonds. The van der Waals surface area contributed by atoms with Crippen LogP contribution in [0.15, 0.2) is 0 Å². The minimum atomic E-state index is 0.668. The van der Waals surface area contributed by atoms with E-state index in [2.05, 4.69) is 42.9 Å². The Bertz CT molecular complexity index is 146. The summed E-state index contributed by atoms with van der Waals surface area (Å²) in [6.07, 6.45) is 2.60. The van der Waals surface area contributed by atoms with Gasteiger partial charge in [-0.2, -0.15) is 11.8 Å². The molecule has 0 radical (unpaired) electrons. The number of hydrogen-bond donors (Lipinski definition) is 1. The molecule has 0 bridgehead atoms. The molecule has 0 aromatic rings. The average molecular weight is 216 g/mol. The Morgan fingerprint density at radius 2 is 2.36 bits per heavy atom. The van der Waals surface area contributed by atoms with Crippen LogP contribution in [0.1, 0.15) is 26.7 Å². The average Bonchev–Trinajstić information content (AvgIpc) is 2.70. The second-order valence-corrected chi connectivity index (χ2v) is 5.41. The quantitative estimate of drug-likeness (QED) is 0.729. The van der Waals surface area contributed by atoms with Crippen LogP contribution in [0.25, 0.3) is 0 Å². The molecule has 0 saturated carbocycles. The molecule has 0 aromatic heterocycles. The van der Waals surface area contributed by atoms with E-state index in [0.29, 0.717) is 6.04 Å².